The fourth-order valence-corrected chi connectivity index (χ4v) is 4.18. The van der Waals surface area contributed by atoms with Crippen molar-refractivity contribution in [1.29, 1.82) is 0 Å². The number of hydrogen-bond donors (Lipinski definition) is 3. The zero-order valence-corrected chi connectivity index (χ0v) is 14.8. The van der Waals surface area contributed by atoms with Crippen LogP contribution < -0.4 is 15.8 Å². The largest absolute Gasteiger partial charge is 0.329 e. The van der Waals surface area contributed by atoms with Crippen molar-refractivity contribution in [1.82, 2.24) is 4.72 Å². The van der Waals surface area contributed by atoms with E-state index in [1.165, 1.54) is 37.8 Å². The van der Waals surface area contributed by atoms with Crippen molar-refractivity contribution >= 4 is 21.6 Å². The Morgan fingerprint density at radius 1 is 1.25 bits per heavy atom. The van der Waals surface area contributed by atoms with E-state index in [4.69, 9.17) is 5.73 Å². The van der Waals surface area contributed by atoms with E-state index in [2.05, 4.69) is 10.0 Å². The van der Waals surface area contributed by atoms with Crippen LogP contribution in [0, 0.1) is 5.92 Å². The molecule has 0 atom stereocenters. The molecule has 1 aromatic rings. The van der Waals surface area contributed by atoms with Gasteiger partial charge in [-0.15, -0.1) is 0 Å². The summed E-state index contributed by atoms with van der Waals surface area (Å²) in [6.45, 7) is 0.413. The molecular weight excluding hydrogens is 326 g/mol. The SMILES string of the molecule is NCCNS(=O)(=O)c1cccc(NC(=O)CCCC2CCCC2)c1. The Labute approximate surface area is 144 Å². The van der Waals surface area contributed by atoms with Crippen molar-refractivity contribution in [2.45, 2.75) is 49.8 Å². The number of nitrogens with one attached hydrogen (secondary N) is 2. The molecule has 1 amide bonds. The Balaban J connectivity index is 1.85. The first kappa shape index (κ1) is 18.9. The smallest absolute Gasteiger partial charge is 0.240 e. The Kier molecular flexibility index (Phi) is 7.20. The van der Waals surface area contributed by atoms with Crippen molar-refractivity contribution in [3.8, 4) is 0 Å². The lowest BCUT2D eigenvalue weighted by atomic mass is 10.0. The summed E-state index contributed by atoms with van der Waals surface area (Å²) >= 11 is 0. The van der Waals surface area contributed by atoms with Gasteiger partial charge < -0.3 is 11.1 Å². The highest BCUT2D eigenvalue weighted by atomic mass is 32.2. The summed E-state index contributed by atoms with van der Waals surface area (Å²) in [4.78, 5) is 12.2. The number of amides is 1. The van der Waals surface area contributed by atoms with E-state index in [1.807, 2.05) is 0 Å². The zero-order chi connectivity index (χ0) is 17.4. The summed E-state index contributed by atoms with van der Waals surface area (Å²) in [7, 11) is -3.59. The Hall–Kier alpha value is -1.44. The lowest BCUT2D eigenvalue weighted by Gasteiger charge is -2.10. The van der Waals surface area contributed by atoms with Gasteiger partial charge in [0.25, 0.3) is 0 Å². The minimum absolute atomic E-state index is 0.0718. The van der Waals surface area contributed by atoms with Gasteiger partial charge in [0.1, 0.15) is 0 Å². The van der Waals surface area contributed by atoms with Crippen LogP contribution in [-0.4, -0.2) is 27.4 Å². The van der Waals surface area contributed by atoms with Crippen LogP contribution in [0.25, 0.3) is 0 Å². The molecule has 0 aromatic heterocycles. The molecule has 1 aromatic carbocycles. The fourth-order valence-electron chi connectivity index (χ4n) is 3.09. The van der Waals surface area contributed by atoms with Gasteiger partial charge in [-0.25, -0.2) is 13.1 Å². The van der Waals surface area contributed by atoms with Gasteiger partial charge in [-0.05, 0) is 37.0 Å². The number of hydrogen-bond acceptors (Lipinski definition) is 4. The molecule has 0 radical (unpaired) electrons. The molecule has 0 saturated heterocycles. The van der Waals surface area contributed by atoms with Gasteiger partial charge in [-0.3, -0.25) is 4.79 Å². The maximum atomic E-state index is 12.1. The third kappa shape index (κ3) is 5.89. The van der Waals surface area contributed by atoms with E-state index in [-0.39, 0.29) is 23.9 Å². The van der Waals surface area contributed by atoms with Crippen LogP contribution in [-0.2, 0) is 14.8 Å². The molecule has 0 unspecified atom stereocenters. The average Bonchev–Trinajstić information content (AvgIpc) is 3.06. The van der Waals surface area contributed by atoms with Gasteiger partial charge in [0.15, 0.2) is 0 Å². The predicted octanol–water partition coefficient (Wildman–Crippen LogP) is 2.22. The second-order valence-corrected chi connectivity index (χ2v) is 8.07. The standard InChI is InChI=1S/C17H27N3O3S/c18-11-12-19-24(22,23)16-9-4-8-15(13-16)20-17(21)10-3-7-14-5-1-2-6-14/h4,8-9,13-14,19H,1-3,5-7,10-12,18H2,(H,20,21). The summed E-state index contributed by atoms with van der Waals surface area (Å²) in [6, 6.07) is 6.27. The molecule has 0 heterocycles. The van der Waals surface area contributed by atoms with Gasteiger partial charge in [0.05, 0.1) is 4.90 Å². The van der Waals surface area contributed by atoms with Crippen LogP contribution in [0.1, 0.15) is 44.9 Å². The topological polar surface area (TPSA) is 101 Å². The van der Waals surface area contributed by atoms with E-state index in [9.17, 15) is 13.2 Å². The van der Waals surface area contributed by atoms with Crippen molar-refractivity contribution in [2.24, 2.45) is 11.7 Å². The molecule has 7 heteroatoms. The molecule has 1 aliphatic carbocycles. The minimum Gasteiger partial charge on any atom is -0.329 e. The molecule has 4 N–H and O–H groups in total. The number of benzene rings is 1. The lowest BCUT2D eigenvalue weighted by Crippen LogP contribution is -2.29. The Morgan fingerprint density at radius 3 is 2.71 bits per heavy atom. The monoisotopic (exact) mass is 353 g/mol. The van der Waals surface area contributed by atoms with E-state index >= 15 is 0 Å². The number of nitrogens with two attached hydrogens (primary N) is 1. The van der Waals surface area contributed by atoms with Gasteiger partial charge in [0, 0.05) is 25.2 Å². The summed E-state index contributed by atoms with van der Waals surface area (Å²) in [5, 5.41) is 2.78. The highest BCUT2D eigenvalue weighted by molar-refractivity contribution is 7.89. The third-order valence-corrected chi connectivity index (χ3v) is 5.81. The summed E-state index contributed by atoms with van der Waals surface area (Å²) in [5.41, 5.74) is 5.81. The summed E-state index contributed by atoms with van der Waals surface area (Å²) < 4.78 is 26.5. The van der Waals surface area contributed by atoms with Gasteiger partial charge in [0.2, 0.25) is 15.9 Å². The highest BCUT2D eigenvalue weighted by Crippen LogP contribution is 2.29. The maximum Gasteiger partial charge on any atom is 0.240 e. The molecule has 1 saturated carbocycles. The van der Waals surface area contributed by atoms with E-state index in [1.54, 1.807) is 12.1 Å². The number of rotatable bonds is 9. The molecule has 1 fully saturated rings. The Bertz CT molecular complexity index is 640. The number of carbonyl (C=O) groups is 1. The first-order valence-corrected chi connectivity index (χ1v) is 10.1. The molecule has 0 bridgehead atoms. The van der Waals surface area contributed by atoms with Gasteiger partial charge >= 0.3 is 0 Å². The minimum atomic E-state index is -3.59. The van der Waals surface area contributed by atoms with Gasteiger partial charge in [-0.2, -0.15) is 0 Å². The maximum absolute atomic E-state index is 12.1. The highest BCUT2D eigenvalue weighted by Gasteiger charge is 2.16. The molecule has 1 aliphatic rings. The molecule has 2 rings (SSSR count). The normalized spacial score (nSPS) is 15.5. The summed E-state index contributed by atoms with van der Waals surface area (Å²) in [6.07, 6.45) is 7.66. The van der Waals surface area contributed by atoms with Crippen LogP contribution in [0.15, 0.2) is 29.2 Å². The molecule has 134 valence electrons. The second kappa shape index (κ2) is 9.15. The number of sulfonamides is 1. The van der Waals surface area contributed by atoms with Crippen LogP contribution >= 0.6 is 0 Å². The van der Waals surface area contributed by atoms with Crippen molar-refractivity contribution in [3.05, 3.63) is 24.3 Å². The molecular formula is C17H27N3O3S. The molecule has 24 heavy (non-hydrogen) atoms. The van der Waals surface area contributed by atoms with E-state index in [0.717, 1.165) is 18.8 Å². The fraction of sp³-hybridized carbons (Fsp3) is 0.588. The average molecular weight is 353 g/mol. The van der Waals surface area contributed by atoms with Crippen molar-refractivity contribution in [2.75, 3.05) is 18.4 Å². The van der Waals surface area contributed by atoms with Crippen molar-refractivity contribution < 1.29 is 13.2 Å². The number of carbonyl (C=O) groups excluding carboxylic acids is 1. The first-order chi connectivity index (χ1) is 11.5. The molecule has 0 aliphatic heterocycles. The van der Waals surface area contributed by atoms with Crippen LogP contribution in [0.4, 0.5) is 5.69 Å². The lowest BCUT2D eigenvalue weighted by molar-refractivity contribution is -0.116. The van der Waals surface area contributed by atoms with Crippen LogP contribution in [0.3, 0.4) is 0 Å². The van der Waals surface area contributed by atoms with Crippen LogP contribution in [0.5, 0.6) is 0 Å². The summed E-state index contributed by atoms with van der Waals surface area (Å²) in [5.74, 6) is 0.706. The van der Waals surface area contributed by atoms with E-state index < -0.39 is 10.0 Å². The molecule has 6 nitrogen and oxygen atoms in total. The third-order valence-electron chi connectivity index (χ3n) is 4.36. The molecule has 0 spiro atoms. The van der Waals surface area contributed by atoms with Crippen molar-refractivity contribution in [3.63, 3.8) is 0 Å². The predicted molar refractivity (Wildman–Crippen MR) is 95.1 cm³/mol. The van der Waals surface area contributed by atoms with E-state index in [0.29, 0.717) is 12.1 Å². The second-order valence-electron chi connectivity index (χ2n) is 6.31. The Morgan fingerprint density at radius 2 is 2.00 bits per heavy atom. The van der Waals surface area contributed by atoms with Gasteiger partial charge in [-0.1, -0.05) is 31.7 Å². The zero-order valence-electron chi connectivity index (χ0n) is 14.0. The number of anilines is 1. The first-order valence-electron chi connectivity index (χ1n) is 8.61. The quantitative estimate of drug-likeness (QED) is 0.633. The van der Waals surface area contributed by atoms with Crippen LogP contribution in [0.2, 0.25) is 0 Å².